The molecule has 0 aliphatic heterocycles. The van der Waals surface area contributed by atoms with Crippen LogP contribution in [-0.2, 0) is 11.3 Å². The monoisotopic (exact) mass is 289 g/mol. The largest absolute Gasteiger partial charge is 0.497 e. The van der Waals surface area contributed by atoms with E-state index in [0.717, 1.165) is 11.5 Å². The number of hydrogen-bond acceptors (Lipinski definition) is 4. The van der Waals surface area contributed by atoms with Crippen LogP contribution in [-0.4, -0.2) is 31.6 Å². The maximum Gasteiger partial charge on any atom is 0.260 e. The molecule has 0 atom stereocenters. The summed E-state index contributed by atoms with van der Waals surface area (Å²) in [4.78, 5) is 13.6. The van der Waals surface area contributed by atoms with Crippen molar-refractivity contribution in [2.75, 3.05) is 20.8 Å². The average Bonchev–Trinajstić information content (AvgIpc) is 2.90. The number of amides is 1. The van der Waals surface area contributed by atoms with E-state index >= 15 is 0 Å². The Morgan fingerprint density at radius 3 is 2.67 bits per heavy atom. The summed E-state index contributed by atoms with van der Waals surface area (Å²) in [5, 5.41) is 0. The Kier molecular flexibility index (Phi) is 4.87. The fourth-order valence-corrected chi connectivity index (χ4v) is 1.84. The molecule has 0 bridgehead atoms. The van der Waals surface area contributed by atoms with Gasteiger partial charge in [-0.25, -0.2) is 0 Å². The highest BCUT2D eigenvalue weighted by Gasteiger charge is 2.12. The minimum Gasteiger partial charge on any atom is -0.497 e. The van der Waals surface area contributed by atoms with Crippen LogP contribution >= 0.6 is 0 Å². The Balaban J connectivity index is 1.85. The van der Waals surface area contributed by atoms with Gasteiger partial charge in [0, 0.05) is 13.1 Å². The molecule has 1 aromatic heterocycles. The number of ether oxygens (including phenoxy) is 2. The Labute approximate surface area is 124 Å². The number of benzene rings is 1. The van der Waals surface area contributed by atoms with E-state index in [1.54, 1.807) is 31.2 Å². The first-order chi connectivity index (χ1) is 10.1. The number of carbonyl (C=O) groups excluding carboxylic acids is 1. The lowest BCUT2D eigenvalue weighted by Crippen LogP contribution is -2.30. The van der Waals surface area contributed by atoms with Crippen LogP contribution in [0.25, 0.3) is 0 Å². The topological polar surface area (TPSA) is 51.9 Å². The van der Waals surface area contributed by atoms with Crippen molar-refractivity contribution in [3.63, 3.8) is 0 Å². The third-order valence-corrected chi connectivity index (χ3v) is 3.02. The lowest BCUT2D eigenvalue weighted by atomic mass is 10.3. The van der Waals surface area contributed by atoms with Crippen molar-refractivity contribution in [3.8, 4) is 11.5 Å². The number of furan rings is 1. The van der Waals surface area contributed by atoms with Crippen LogP contribution in [0.3, 0.4) is 0 Å². The van der Waals surface area contributed by atoms with Gasteiger partial charge in [-0.3, -0.25) is 4.79 Å². The number of carbonyl (C=O) groups is 1. The van der Waals surface area contributed by atoms with E-state index in [9.17, 15) is 4.79 Å². The molecular formula is C16H19NO4. The molecule has 0 spiro atoms. The summed E-state index contributed by atoms with van der Waals surface area (Å²) in [6, 6.07) is 10.9. The third kappa shape index (κ3) is 4.27. The lowest BCUT2D eigenvalue weighted by molar-refractivity contribution is -0.132. The first kappa shape index (κ1) is 15.0. The zero-order valence-electron chi connectivity index (χ0n) is 12.5. The van der Waals surface area contributed by atoms with Crippen molar-refractivity contribution < 1.29 is 18.7 Å². The molecule has 0 N–H and O–H groups in total. The fraction of sp³-hybridized carbons (Fsp3) is 0.312. The van der Waals surface area contributed by atoms with Crippen molar-refractivity contribution in [1.82, 2.24) is 4.90 Å². The van der Waals surface area contributed by atoms with Crippen LogP contribution in [0, 0.1) is 6.92 Å². The Hall–Kier alpha value is -2.43. The summed E-state index contributed by atoms with van der Waals surface area (Å²) in [6.07, 6.45) is 0. The normalized spacial score (nSPS) is 10.2. The average molecular weight is 289 g/mol. The molecule has 1 aromatic carbocycles. The van der Waals surface area contributed by atoms with Gasteiger partial charge in [0.1, 0.15) is 23.0 Å². The zero-order chi connectivity index (χ0) is 15.2. The first-order valence-electron chi connectivity index (χ1n) is 6.64. The quantitative estimate of drug-likeness (QED) is 0.820. The molecule has 0 fully saturated rings. The number of rotatable bonds is 6. The molecule has 1 heterocycles. The maximum absolute atomic E-state index is 12.0. The summed E-state index contributed by atoms with van der Waals surface area (Å²) in [5.41, 5.74) is 0. The van der Waals surface area contributed by atoms with Gasteiger partial charge in [-0.2, -0.15) is 0 Å². The fourth-order valence-electron chi connectivity index (χ4n) is 1.84. The van der Waals surface area contributed by atoms with Crippen LogP contribution < -0.4 is 9.47 Å². The molecule has 5 nitrogen and oxygen atoms in total. The molecule has 2 rings (SSSR count). The minimum absolute atomic E-state index is 0.0244. The molecule has 0 aliphatic rings. The van der Waals surface area contributed by atoms with E-state index in [1.165, 1.54) is 0 Å². The highest BCUT2D eigenvalue weighted by atomic mass is 16.5. The highest BCUT2D eigenvalue weighted by molar-refractivity contribution is 5.77. The van der Waals surface area contributed by atoms with Crippen LogP contribution in [0.1, 0.15) is 11.5 Å². The van der Waals surface area contributed by atoms with Crippen molar-refractivity contribution in [2.45, 2.75) is 13.5 Å². The predicted molar refractivity (Wildman–Crippen MR) is 78.4 cm³/mol. The standard InChI is InChI=1S/C16H19NO4/c1-12-7-8-15(21-12)10-17(2)16(18)11-20-14-6-4-5-13(9-14)19-3/h4-9H,10-11H2,1-3H3. The Morgan fingerprint density at radius 2 is 2.00 bits per heavy atom. The summed E-state index contributed by atoms with van der Waals surface area (Å²) >= 11 is 0. The van der Waals surface area contributed by atoms with Gasteiger partial charge in [-0.15, -0.1) is 0 Å². The smallest absolute Gasteiger partial charge is 0.260 e. The second-order valence-electron chi connectivity index (χ2n) is 4.73. The summed E-state index contributed by atoms with van der Waals surface area (Å²) < 4.78 is 16.0. The molecular weight excluding hydrogens is 270 g/mol. The van der Waals surface area contributed by atoms with Crippen LogP contribution in [0.5, 0.6) is 11.5 Å². The van der Waals surface area contributed by atoms with E-state index in [4.69, 9.17) is 13.9 Å². The van der Waals surface area contributed by atoms with Gasteiger partial charge in [0.2, 0.25) is 0 Å². The number of hydrogen-bond donors (Lipinski definition) is 0. The predicted octanol–water partition coefficient (Wildman–Crippen LogP) is 2.63. The van der Waals surface area contributed by atoms with Gasteiger partial charge in [0.05, 0.1) is 13.7 Å². The SMILES string of the molecule is COc1cccc(OCC(=O)N(C)Cc2ccc(C)o2)c1. The van der Waals surface area contributed by atoms with Crippen molar-refractivity contribution in [2.24, 2.45) is 0 Å². The molecule has 0 saturated heterocycles. The molecule has 21 heavy (non-hydrogen) atoms. The van der Waals surface area contributed by atoms with Gasteiger partial charge in [-0.1, -0.05) is 6.07 Å². The lowest BCUT2D eigenvalue weighted by Gasteiger charge is -2.16. The summed E-state index contributed by atoms with van der Waals surface area (Å²) in [7, 11) is 3.30. The van der Waals surface area contributed by atoms with E-state index in [0.29, 0.717) is 18.0 Å². The summed E-state index contributed by atoms with van der Waals surface area (Å²) in [5.74, 6) is 2.76. The van der Waals surface area contributed by atoms with E-state index in [1.807, 2.05) is 31.2 Å². The molecule has 2 aromatic rings. The van der Waals surface area contributed by atoms with E-state index in [-0.39, 0.29) is 12.5 Å². The van der Waals surface area contributed by atoms with Crippen molar-refractivity contribution in [3.05, 3.63) is 47.9 Å². The van der Waals surface area contributed by atoms with Crippen LogP contribution in [0.15, 0.2) is 40.8 Å². The van der Waals surface area contributed by atoms with Gasteiger partial charge in [0.25, 0.3) is 5.91 Å². The van der Waals surface area contributed by atoms with E-state index < -0.39 is 0 Å². The molecule has 112 valence electrons. The highest BCUT2D eigenvalue weighted by Crippen LogP contribution is 2.18. The van der Waals surface area contributed by atoms with Gasteiger partial charge < -0.3 is 18.8 Å². The first-order valence-corrected chi connectivity index (χ1v) is 6.64. The van der Waals surface area contributed by atoms with Crippen molar-refractivity contribution in [1.29, 1.82) is 0 Å². The van der Waals surface area contributed by atoms with E-state index in [2.05, 4.69) is 0 Å². The summed E-state index contributed by atoms with van der Waals surface area (Å²) in [6.45, 7) is 2.27. The number of aryl methyl sites for hydroxylation is 1. The second kappa shape index (κ2) is 6.83. The van der Waals surface area contributed by atoms with Crippen LogP contribution in [0.4, 0.5) is 0 Å². The number of likely N-dealkylation sites (N-methyl/N-ethyl adjacent to an activating group) is 1. The molecule has 0 saturated carbocycles. The molecule has 0 radical (unpaired) electrons. The third-order valence-electron chi connectivity index (χ3n) is 3.02. The Morgan fingerprint density at radius 1 is 1.24 bits per heavy atom. The Bertz CT molecular complexity index is 606. The molecule has 1 amide bonds. The molecule has 0 unspecified atom stereocenters. The number of methoxy groups -OCH3 is 1. The second-order valence-corrected chi connectivity index (χ2v) is 4.73. The van der Waals surface area contributed by atoms with Gasteiger partial charge in [-0.05, 0) is 31.2 Å². The van der Waals surface area contributed by atoms with Gasteiger partial charge in [0.15, 0.2) is 6.61 Å². The minimum atomic E-state index is -0.119. The zero-order valence-corrected chi connectivity index (χ0v) is 12.5. The number of nitrogens with zero attached hydrogens (tertiary/aromatic N) is 1. The van der Waals surface area contributed by atoms with Gasteiger partial charge >= 0.3 is 0 Å². The maximum atomic E-state index is 12.0. The van der Waals surface area contributed by atoms with Crippen LogP contribution in [0.2, 0.25) is 0 Å². The molecule has 5 heteroatoms. The van der Waals surface area contributed by atoms with Crippen molar-refractivity contribution >= 4 is 5.91 Å². The molecule has 0 aliphatic carbocycles.